The summed E-state index contributed by atoms with van der Waals surface area (Å²) in [5.41, 5.74) is 0. The molecular formula is C14H26O2. The zero-order valence-corrected chi connectivity index (χ0v) is 11.3. The lowest BCUT2D eigenvalue weighted by Gasteiger charge is -2.19. The molecule has 94 valence electrons. The number of hydrogen-bond acceptors (Lipinski definition) is 2. The molecule has 0 spiro atoms. The van der Waals surface area contributed by atoms with Gasteiger partial charge in [-0.25, -0.2) is 0 Å². The van der Waals surface area contributed by atoms with Crippen molar-refractivity contribution < 1.29 is 9.53 Å². The van der Waals surface area contributed by atoms with E-state index in [0.717, 1.165) is 19.3 Å². The number of Topliss-reactive ketones (excluding diaryl/α,β-unsaturated/α-hetero) is 1. The maximum absolute atomic E-state index is 12.2. The number of carbonyl (C=O) groups excluding carboxylic acids is 1. The van der Waals surface area contributed by atoms with Gasteiger partial charge < -0.3 is 4.74 Å². The highest BCUT2D eigenvalue weighted by atomic mass is 16.5. The van der Waals surface area contributed by atoms with E-state index in [-0.39, 0.29) is 18.1 Å². The molecule has 1 saturated heterocycles. The van der Waals surface area contributed by atoms with E-state index < -0.39 is 0 Å². The Bertz CT molecular complexity index is 237. The van der Waals surface area contributed by atoms with Crippen LogP contribution in [0.4, 0.5) is 0 Å². The van der Waals surface area contributed by atoms with Gasteiger partial charge >= 0.3 is 0 Å². The molecule has 0 radical (unpaired) electrons. The van der Waals surface area contributed by atoms with Crippen LogP contribution in [0, 0.1) is 17.8 Å². The number of ether oxygens (including phenoxy) is 1. The fraction of sp³-hybridized carbons (Fsp3) is 0.929. The molecule has 2 heteroatoms. The van der Waals surface area contributed by atoms with Gasteiger partial charge in [0.25, 0.3) is 0 Å². The maximum Gasteiger partial charge on any atom is 0.139 e. The van der Waals surface area contributed by atoms with Crippen LogP contribution < -0.4 is 0 Å². The van der Waals surface area contributed by atoms with Crippen LogP contribution in [0.2, 0.25) is 0 Å². The van der Waals surface area contributed by atoms with Crippen molar-refractivity contribution in [3.05, 3.63) is 0 Å². The average Bonchev–Trinajstić information content (AvgIpc) is 2.41. The summed E-state index contributed by atoms with van der Waals surface area (Å²) in [5.74, 6) is 1.42. The van der Waals surface area contributed by atoms with Gasteiger partial charge in [0.1, 0.15) is 5.78 Å². The molecule has 0 saturated carbocycles. The predicted molar refractivity (Wildman–Crippen MR) is 66.4 cm³/mol. The summed E-state index contributed by atoms with van der Waals surface area (Å²) < 4.78 is 5.73. The highest BCUT2D eigenvalue weighted by molar-refractivity contribution is 5.82. The van der Waals surface area contributed by atoms with Crippen molar-refractivity contribution in [2.24, 2.45) is 17.8 Å². The fourth-order valence-corrected chi connectivity index (χ4v) is 2.90. The first-order chi connectivity index (χ1) is 7.47. The Labute approximate surface area is 99.8 Å². The van der Waals surface area contributed by atoms with Crippen molar-refractivity contribution >= 4 is 5.78 Å². The Hall–Kier alpha value is -0.370. The first kappa shape index (κ1) is 13.7. The van der Waals surface area contributed by atoms with Crippen molar-refractivity contribution in [2.75, 3.05) is 0 Å². The van der Waals surface area contributed by atoms with Crippen molar-refractivity contribution in [3.63, 3.8) is 0 Å². The van der Waals surface area contributed by atoms with Gasteiger partial charge in [-0.1, -0.05) is 33.6 Å². The van der Waals surface area contributed by atoms with Crippen molar-refractivity contribution in [1.82, 2.24) is 0 Å². The van der Waals surface area contributed by atoms with Gasteiger partial charge in [0.05, 0.1) is 12.2 Å². The van der Waals surface area contributed by atoms with Crippen molar-refractivity contribution in [2.45, 2.75) is 66.1 Å². The zero-order chi connectivity index (χ0) is 12.3. The summed E-state index contributed by atoms with van der Waals surface area (Å²) in [6, 6.07) is 0. The second kappa shape index (κ2) is 5.81. The molecule has 0 bridgehead atoms. The van der Waals surface area contributed by atoms with Crippen LogP contribution in [0.15, 0.2) is 0 Å². The van der Waals surface area contributed by atoms with Crippen LogP contribution in [0.1, 0.15) is 53.9 Å². The second-order valence-electron chi connectivity index (χ2n) is 5.50. The van der Waals surface area contributed by atoms with Gasteiger partial charge in [0, 0.05) is 12.3 Å². The van der Waals surface area contributed by atoms with E-state index in [0.29, 0.717) is 17.6 Å². The number of hydrogen-bond donors (Lipinski definition) is 0. The van der Waals surface area contributed by atoms with Crippen LogP contribution in [-0.2, 0) is 9.53 Å². The summed E-state index contributed by atoms with van der Waals surface area (Å²) in [6.07, 6.45) is 3.37. The standard InChI is InChI=1S/C14H26O2/c1-6-7-9(2)8-13(15)14-10(3)11(4)16-12(14)5/h9-12,14H,6-8H2,1-5H3. The molecule has 0 amide bonds. The SMILES string of the molecule is CCCC(C)CC(=O)C1C(C)OC(C)C1C. The number of ketones is 1. The fourth-order valence-electron chi connectivity index (χ4n) is 2.90. The first-order valence-electron chi connectivity index (χ1n) is 6.65. The lowest BCUT2D eigenvalue weighted by molar-refractivity contribution is -0.125. The first-order valence-corrected chi connectivity index (χ1v) is 6.65. The molecule has 5 atom stereocenters. The van der Waals surface area contributed by atoms with E-state index in [9.17, 15) is 4.79 Å². The summed E-state index contributed by atoms with van der Waals surface area (Å²) in [7, 11) is 0. The van der Waals surface area contributed by atoms with Gasteiger partial charge in [-0.2, -0.15) is 0 Å². The van der Waals surface area contributed by atoms with Gasteiger partial charge in [-0.3, -0.25) is 4.79 Å². The Kier molecular flexibility index (Phi) is 4.97. The van der Waals surface area contributed by atoms with Gasteiger partial charge in [-0.15, -0.1) is 0 Å². The second-order valence-corrected chi connectivity index (χ2v) is 5.50. The minimum atomic E-state index is 0.103. The average molecular weight is 226 g/mol. The Balaban J connectivity index is 2.53. The Morgan fingerprint density at radius 1 is 1.25 bits per heavy atom. The molecule has 0 aliphatic carbocycles. The van der Waals surface area contributed by atoms with E-state index in [4.69, 9.17) is 4.74 Å². The number of carbonyl (C=O) groups is 1. The summed E-state index contributed by atoms with van der Waals surface area (Å²) in [6.45, 7) is 10.6. The topological polar surface area (TPSA) is 26.3 Å². The predicted octanol–water partition coefficient (Wildman–Crippen LogP) is 3.44. The summed E-state index contributed by atoms with van der Waals surface area (Å²) in [4.78, 5) is 12.2. The molecule has 1 aliphatic rings. The minimum Gasteiger partial charge on any atom is -0.375 e. The largest absolute Gasteiger partial charge is 0.375 e. The van der Waals surface area contributed by atoms with Crippen LogP contribution in [-0.4, -0.2) is 18.0 Å². The normalized spacial score (nSPS) is 36.3. The van der Waals surface area contributed by atoms with E-state index in [1.165, 1.54) is 0 Å². The van der Waals surface area contributed by atoms with E-state index >= 15 is 0 Å². The van der Waals surface area contributed by atoms with Gasteiger partial charge in [0.15, 0.2) is 0 Å². The van der Waals surface area contributed by atoms with Crippen LogP contribution in [0.25, 0.3) is 0 Å². The quantitative estimate of drug-likeness (QED) is 0.718. The van der Waals surface area contributed by atoms with Crippen LogP contribution >= 0.6 is 0 Å². The number of rotatable bonds is 5. The van der Waals surface area contributed by atoms with Crippen LogP contribution in [0.3, 0.4) is 0 Å². The molecule has 0 N–H and O–H groups in total. The zero-order valence-electron chi connectivity index (χ0n) is 11.3. The maximum atomic E-state index is 12.2. The molecule has 1 fully saturated rings. The Morgan fingerprint density at radius 2 is 1.88 bits per heavy atom. The third-order valence-electron chi connectivity index (χ3n) is 3.94. The molecule has 2 nitrogen and oxygen atoms in total. The van der Waals surface area contributed by atoms with Gasteiger partial charge in [0.2, 0.25) is 0 Å². The molecule has 1 aliphatic heterocycles. The molecule has 1 rings (SSSR count). The third kappa shape index (κ3) is 3.07. The molecule has 5 unspecified atom stereocenters. The summed E-state index contributed by atoms with van der Waals surface area (Å²) in [5, 5.41) is 0. The highest BCUT2D eigenvalue weighted by Crippen LogP contribution is 2.34. The van der Waals surface area contributed by atoms with E-state index in [1.807, 2.05) is 6.92 Å². The lowest BCUT2D eigenvalue weighted by Crippen LogP contribution is -2.28. The molecule has 0 aromatic carbocycles. The highest BCUT2D eigenvalue weighted by Gasteiger charge is 2.41. The Morgan fingerprint density at radius 3 is 2.31 bits per heavy atom. The van der Waals surface area contributed by atoms with E-state index in [2.05, 4.69) is 27.7 Å². The van der Waals surface area contributed by atoms with Gasteiger partial charge in [-0.05, 0) is 25.7 Å². The van der Waals surface area contributed by atoms with Crippen molar-refractivity contribution in [3.8, 4) is 0 Å². The lowest BCUT2D eigenvalue weighted by atomic mass is 9.82. The molecule has 0 aromatic rings. The molecule has 1 heterocycles. The van der Waals surface area contributed by atoms with Crippen LogP contribution in [0.5, 0.6) is 0 Å². The molecular weight excluding hydrogens is 200 g/mol. The van der Waals surface area contributed by atoms with E-state index in [1.54, 1.807) is 0 Å². The minimum absolute atomic E-state index is 0.103. The summed E-state index contributed by atoms with van der Waals surface area (Å²) >= 11 is 0. The molecule has 16 heavy (non-hydrogen) atoms. The third-order valence-corrected chi connectivity index (χ3v) is 3.94. The monoisotopic (exact) mass is 226 g/mol. The smallest absolute Gasteiger partial charge is 0.139 e. The van der Waals surface area contributed by atoms with Crippen molar-refractivity contribution in [1.29, 1.82) is 0 Å². The molecule has 0 aromatic heterocycles.